The summed E-state index contributed by atoms with van der Waals surface area (Å²) in [5, 5.41) is 18.5. The first kappa shape index (κ1) is 24.4. The molecular weight excluding hydrogens is 454 g/mol. The number of thiophene rings is 1. The Balaban J connectivity index is 1.83. The number of hydrogen-bond acceptors (Lipinski definition) is 7. The van der Waals surface area contributed by atoms with Gasteiger partial charge in [0.2, 0.25) is 5.91 Å². The predicted octanol–water partition coefficient (Wildman–Crippen LogP) is 5.16. The second-order valence-corrected chi connectivity index (χ2v) is 9.45. The molecule has 2 heterocycles. The van der Waals surface area contributed by atoms with Crippen molar-refractivity contribution in [3.63, 3.8) is 0 Å². The minimum atomic E-state index is -0.557. The minimum absolute atomic E-state index is 0.0820. The lowest BCUT2D eigenvalue weighted by Crippen LogP contribution is -2.29. The molecule has 33 heavy (non-hydrogen) atoms. The summed E-state index contributed by atoms with van der Waals surface area (Å²) >= 11 is 2.70. The molecule has 1 aliphatic heterocycles. The Bertz CT molecular complexity index is 1170. The number of aryl methyl sites for hydroxylation is 2. The first-order valence-electron chi connectivity index (χ1n) is 10.3. The van der Waals surface area contributed by atoms with E-state index in [1.54, 1.807) is 6.92 Å². The molecule has 0 unspecified atom stereocenters. The molecule has 8 heteroatoms. The first-order chi connectivity index (χ1) is 15.8. The van der Waals surface area contributed by atoms with Crippen LogP contribution in [0.25, 0.3) is 0 Å². The number of dihydropyridines is 1. The van der Waals surface area contributed by atoms with Gasteiger partial charge < -0.3 is 15.4 Å². The monoisotopic (exact) mass is 479 g/mol. The zero-order chi connectivity index (χ0) is 24.0. The number of benzene rings is 1. The highest BCUT2D eigenvalue weighted by Gasteiger charge is 2.36. The van der Waals surface area contributed by atoms with Crippen molar-refractivity contribution in [1.82, 2.24) is 5.32 Å². The van der Waals surface area contributed by atoms with E-state index in [-0.39, 0.29) is 18.3 Å². The van der Waals surface area contributed by atoms with Gasteiger partial charge in [-0.15, -0.1) is 11.3 Å². The summed E-state index contributed by atoms with van der Waals surface area (Å²) in [7, 11) is 0. The van der Waals surface area contributed by atoms with E-state index in [0.717, 1.165) is 21.7 Å². The van der Waals surface area contributed by atoms with E-state index in [2.05, 4.69) is 23.3 Å². The third kappa shape index (κ3) is 5.75. The molecule has 1 atom stereocenters. The number of anilines is 1. The molecule has 1 amide bonds. The van der Waals surface area contributed by atoms with Gasteiger partial charge in [-0.3, -0.25) is 4.79 Å². The van der Waals surface area contributed by atoms with Gasteiger partial charge in [0.15, 0.2) is 0 Å². The van der Waals surface area contributed by atoms with E-state index < -0.39 is 11.9 Å². The Kier molecular flexibility index (Phi) is 8.15. The number of thioether (sulfide) groups is 1. The van der Waals surface area contributed by atoms with Gasteiger partial charge in [0, 0.05) is 16.3 Å². The lowest BCUT2D eigenvalue weighted by atomic mass is 9.87. The van der Waals surface area contributed by atoms with Crippen LogP contribution in [0.4, 0.5) is 5.69 Å². The van der Waals surface area contributed by atoms with Gasteiger partial charge >= 0.3 is 5.97 Å². The second kappa shape index (κ2) is 11.0. The van der Waals surface area contributed by atoms with Crippen LogP contribution in [-0.2, 0) is 14.3 Å². The fourth-order valence-corrected chi connectivity index (χ4v) is 5.14. The summed E-state index contributed by atoms with van der Waals surface area (Å²) in [5.74, 6) is -1.12. The summed E-state index contributed by atoms with van der Waals surface area (Å²) in [5.41, 5.74) is 4.35. The van der Waals surface area contributed by atoms with Crippen LogP contribution < -0.4 is 10.6 Å². The molecule has 2 N–H and O–H groups in total. The summed E-state index contributed by atoms with van der Waals surface area (Å²) in [6.07, 6.45) is 1.50. The molecule has 170 valence electrons. The van der Waals surface area contributed by atoms with Crippen molar-refractivity contribution in [2.24, 2.45) is 0 Å². The lowest BCUT2D eigenvalue weighted by molar-refractivity contribution is -0.138. The van der Waals surface area contributed by atoms with E-state index in [4.69, 9.17) is 4.74 Å². The third-order valence-corrected chi connectivity index (χ3v) is 7.12. The molecule has 0 bridgehead atoms. The summed E-state index contributed by atoms with van der Waals surface area (Å²) < 4.78 is 5.29. The van der Waals surface area contributed by atoms with Crippen molar-refractivity contribution in [2.45, 2.75) is 26.7 Å². The summed E-state index contributed by atoms with van der Waals surface area (Å²) in [6, 6.07) is 11.8. The molecule has 0 saturated carbocycles. The maximum absolute atomic E-state index is 12.8. The van der Waals surface area contributed by atoms with Crippen LogP contribution in [0.1, 0.15) is 28.8 Å². The van der Waals surface area contributed by atoms with E-state index in [1.807, 2.05) is 49.6 Å². The molecule has 1 aromatic heterocycles. The largest absolute Gasteiger partial charge is 0.458 e. The number of ether oxygens (including phenoxy) is 1. The number of carbonyl (C=O) groups excluding carboxylic acids is 2. The Labute approximate surface area is 202 Å². The minimum Gasteiger partial charge on any atom is -0.458 e. The molecule has 0 fully saturated rings. The smallest absolute Gasteiger partial charge is 0.337 e. The molecular formula is C25H25N3O3S2. The molecule has 3 rings (SSSR count). The number of rotatable bonds is 8. The number of nitrogens with one attached hydrogen (secondary N) is 2. The van der Waals surface area contributed by atoms with Crippen molar-refractivity contribution in [3.8, 4) is 6.07 Å². The Morgan fingerprint density at radius 3 is 2.73 bits per heavy atom. The van der Waals surface area contributed by atoms with Crippen LogP contribution in [0.3, 0.4) is 0 Å². The number of amides is 1. The number of allylic oxidation sites excluding steroid dienone is 2. The van der Waals surface area contributed by atoms with Gasteiger partial charge in [-0.1, -0.05) is 36.5 Å². The highest BCUT2D eigenvalue weighted by atomic mass is 32.2. The predicted molar refractivity (Wildman–Crippen MR) is 134 cm³/mol. The maximum atomic E-state index is 12.8. The molecule has 0 aliphatic carbocycles. The van der Waals surface area contributed by atoms with Crippen LogP contribution in [0.15, 0.2) is 70.2 Å². The molecule has 0 spiro atoms. The van der Waals surface area contributed by atoms with Crippen LogP contribution in [0.5, 0.6) is 0 Å². The molecule has 2 aromatic rings. The fraction of sp³-hybridized carbons (Fsp3) is 0.240. The van der Waals surface area contributed by atoms with E-state index in [0.29, 0.717) is 21.9 Å². The van der Waals surface area contributed by atoms with Gasteiger partial charge in [0.1, 0.15) is 6.61 Å². The topological polar surface area (TPSA) is 91.2 Å². The van der Waals surface area contributed by atoms with Gasteiger partial charge in [-0.2, -0.15) is 5.26 Å². The van der Waals surface area contributed by atoms with Crippen molar-refractivity contribution >= 4 is 40.7 Å². The van der Waals surface area contributed by atoms with E-state index in [9.17, 15) is 14.9 Å². The zero-order valence-corrected chi connectivity index (χ0v) is 20.4. The molecule has 6 nitrogen and oxygen atoms in total. The number of carbonyl (C=O) groups is 2. The van der Waals surface area contributed by atoms with Gasteiger partial charge in [0.05, 0.1) is 33.9 Å². The number of nitrogens with zero attached hydrogens (tertiary/aromatic N) is 1. The van der Waals surface area contributed by atoms with Crippen molar-refractivity contribution in [2.75, 3.05) is 17.7 Å². The standard InChI is InChI=1S/C25H25N3O3S2/c1-5-10-31-25(30)22-17(4)27-24(19(13-26)23(22)20-7-6-11-32-20)33-14-21(29)28-18-9-8-15(2)16(3)12-18/h5-9,11-12,23,27H,1,10,14H2,2-4H3,(H,28,29)/t23-/m0/s1. The van der Waals surface area contributed by atoms with Crippen LogP contribution in [0, 0.1) is 25.2 Å². The average molecular weight is 480 g/mol. The number of hydrogen-bond donors (Lipinski definition) is 2. The molecule has 0 saturated heterocycles. The van der Waals surface area contributed by atoms with Gasteiger partial charge in [0.25, 0.3) is 0 Å². The highest BCUT2D eigenvalue weighted by molar-refractivity contribution is 8.03. The number of nitriles is 1. The molecule has 0 radical (unpaired) electrons. The van der Waals surface area contributed by atoms with Crippen LogP contribution in [-0.4, -0.2) is 24.2 Å². The normalized spacial score (nSPS) is 15.5. The van der Waals surface area contributed by atoms with Crippen molar-refractivity contribution < 1.29 is 14.3 Å². The van der Waals surface area contributed by atoms with Gasteiger partial charge in [-0.05, 0) is 55.5 Å². The van der Waals surface area contributed by atoms with Crippen LogP contribution >= 0.6 is 23.1 Å². The third-order valence-electron chi connectivity index (χ3n) is 5.17. The van der Waals surface area contributed by atoms with E-state index >= 15 is 0 Å². The van der Waals surface area contributed by atoms with Crippen molar-refractivity contribution in [1.29, 1.82) is 5.26 Å². The summed E-state index contributed by atoms with van der Waals surface area (Å²) in [6.45, 7) is 9.44. The Morgan fingerprint density at radius 2 is 2.09 bits per heavy atom. The summed E-state index contributed by atoms with van der Waals surface area (Å²) in [4.78, 5) is 26.2. The zero-order valence-electron chi connectivity index (χ0n) is 18.7. The average Bonchev–Trinajstić information content (AvgIpc) is 3.32. The van der Waals surface area contributed by atoms with Crippen LogP contribution in [0.2, 0.25) is 0 Å². The second-order valence-electron chi connectivity index (χ2n) is 7.49. The number of esters is 1. The lowest BCUT2D eigenvalue weighted by Gasteiger charge is -2.28. The highest BCUT2D eigenvalue weighted by Crippen LogP contribution is 2.42. The molecule has 1 aliphatic rings. The Morgan fingerprint density at radius 1 is 1.30 bits per heavy atom. The van der Waals surface area contributed by atoms with E-state index in [1.165, 1.54) is 29.2 Å². The fourth-order valence-electron chi connectivity index (χ4n) is 3.40. The SMILES string of the molecule is C=CCOC(=O)C1=C(C)NC(SCC(=O)Nc2ccc(C)c(C)c2)=C(C#N)[C@H]1c1cccs1. The first-order valence-corrected chi connectivity index (χ1v) is 12.2. The van der Waals surface area contributed by atoms with Gasteiger partial charge in [-0.25, -0.2) is 4.79 Å². The Hall–Kier alpha value is -3.28. The molecule has 1 aromatic carbocycles. The maximum Gasteiger partial charge on any atom is 0.337 e. The quantitative estimate of drug-likeness (QED) is 0.401. The van der Waals surface area contributed by atoms with Crippen molar-refractivity contribution in [3.05, 3.63) is 86.2 Å².